The lowest BCUT2D eigenvalue weighted by Gasteiger charge is -2.06. The fourth-order valence-corrected chi connectivity index (χ4v) is 1.84. The Morgan fingerprint density at radius 3 is 2.80 bits per heavy atom. The van der Waals surface area contributed by atoms with E-state index in [0.29, 0.717) is 10.7 Å². The van der Waals surface area contributed by atoms with Crippen LogP contribution in [-0.2, 0) is 4.74 Å². The second-order valence-corrected chi connectivity index (χ2v) is 4.42. The number of pyridine rings is 1. The Hall–Kier alpha value is -2.23. The van der Waals surface area contributed by atoms with Crippen LogP contribution in [0.1, 0.15) is 0 Å². The van der Waals surface area contributed by atoms with Crippen LogP contribution < -0.4 is 5.32 Å². The van der Waals surface area contributed by atoms with Crippen molar-refractivity contribution in [2.45, 2.75) is 6.18 Å². The lowest BCUT2D eigenvalue weighted by atomic mass is 10.4. The molecule has 0 bridgehead atoms. The summed E-state index contributed by atoms with van der Waals surface area (Å²) in [5, 5.41) is 9.89. The number of alkyl halides is 3. The summed E-state index contributed by atoms with van der Waals surface area (Å²) in [4.78, 5) is 15.1. The molecular weight excluding hydrogens is 297 g/mol. The van der Waals surface area contributed by atoms with Crippen molar-refractivity contribution in [1.82, 2.24) is 15.2 Å². The number of hydrogen-bond donors (Lipinski definition) is 1. The van der Waals surface area contributed by atoms with Crippen molar-refractivity contribution in [2.24, 2.45) is 0 Å². The zero-order valence-electron chi connectivity index (χ0n) is 9.72. The first-order valence-corrected chi connectivity index (χ1v) is 6.01. The number of halogens is 3. The predicted molar refractivity (Wildman–Crippen MR) is 64.2 cm³/mol. The Kier molecular flexibility index (Phi) is 4.13. The molecule has 6 nitrogen and oxygen atoms in total. The molecule has 2 aromatic heterocycles. The average molecular weight is 304 g/mol. The number of nitrogens with one attached hydrogen (secondary N) is 1. The van der Waals surface area contributed by atoms with Crippen LogP contribution in [0, 0.1) is 0 Å². The quantitative estimate of drug-likeness (QED) is 0.943. The number of aromatic nitrogens is 3. The van der Waals surface area contributed by atoms with E-state index >= 15 is 0 Å². The van der Waals surface area contributed by atoms with Gasteiger partial charge in [0.05, 0.1) is 0 Å². The van der Waals surface area contributed by atoms with Gasteiger partial charge < -0.3 is 4.74 Å². The number of anilines is 1. The van der Waals surface area contributed by atoms with Gasteiger partial charge in [0.1, 0.15) is 5.69 Å². The van der Waals surface area contributed by atoms with E-state index < -0.39 is 18.9 Å². The second kappa shape index (κ2) is 5.82. The third-order valence-corrected chi connectivity index (χ3v) is 2.75. The summed E-state index contributed by atoms with van der Waals surface area (Å²) in [5.41, 5.74) is 0.543. The summed E-state index contributed by atoms with van der Waals surface area (Å²) in [6.07, 6.45) is -4.26. The van der Waals surface area contributed by atoms with E-state index in [4.69, 9.17) is 0 Å². The van der Waals surface area contributed by atoms with Gasteiger partial charge in [0.25, 0.3) is 0 Å². The van der Waals surface area contributed by atoms with Crippen molar-refractivity contribution in [2.75, 3.05) is 11.9 Å². The van der Waals surface area contributed by atoms with Crippen molar-refractivity contribution >= 4 is 22.6 Å². The molecule has 1 amide bonds. The van der Waals surface area contributed by atoms with Gasteiger partial charge in [0.2, 0.25) is 5.13 Å². The topological polar surface area (TPSA) is 77.0 Å². The van der Waals surface area contributed by atoms with E-state index in [-0.39, 0.29) is 5.13 Å². The van der Waals surface area contributed by atoms with E-state index in [1.54, 1.807) is 24.4 Å². The van der Waals surface area contributed by atoms with Crippen LogP contribution in [0.15, 0.2) is 24.4 Å². The second-order valence-electron chi connectivity index (χ2n) is 3.44. The lowest BCUT2D eigenvalue weighted by molar-refractivity contribution is -0.159. The Bertz CT molecular complexity index is 588. The molecule has 0 saturated carbocycles. The SMILES string of the molecule is O=C(Nc1nnc(-c2ccccn2)s1)OCC(F)(F)F. The largest absolute Gasteiger partial charge is 0.440 e. The molecule has 2 rings (SSSR count). The van der Waals surface area contributed by atoms with E-state index in [2.05, 4.69) is 25.2 Å². The van der Waals surface area contributed by atoms with Crippen LogP contribution in [0.4, 0.5) is 23.1 Å². The van der Waals surface area contributed by atoms with Crippen LogP contribution >= 0.6 is 11.3 Å². The lowest BCUT2D eigenvalue weighted by Crippen LogP contribution is -2.23. The Balaban J connectivity index is 1.95. The van der Waals surface area contributed by atoms with Gasteiger partial charge in [0.15, 0.2) is 11.6 Å². The molecule has 106 valence electrons. The molecule has 2 heterocycles. The fourth-order valence-electron chi connectivity index (χ4n) is 1.14. The minimum atomic E-state index is -4.57. The molecule has 0 fully saturated rings. The van der Waals surface area contributed by atoms with Gasteiger partial charge in [0, 0.05) is 6.20 Å². The normalized spacial score (nSPS) is 11.2. The summed E-state index contributed by atoms with van der Waals surface area (Å²) < 4.78 is 39.5. The number of carbonyl (C=O) groups excluding carboxylic acids is 1. The summed E-state index contributed by atoms with van der Waals surface area (Å²) in [6.45, 7) is -1.66. The summed E-state index contributed by atoms with van der Waals surface area (Å²) >= 11 is 0.970. The maximum Gasteiger partial charge on any atom is 0.422 e. The van der Waals surface area contributed by atoms with E-state index in [9.17, 15) is 18.0 Å². The number of hydrogen-bond acceptors (Lipinski definition) is 6. The molecular formula is C10H7F3N4O2S. The molecule has 0 radical (unpaired) electrons. The summed E-state index contributed by atoms with van der Waals surface area (Å²) in [6, 6.07) is 5.15. The molecule has 0 unspecified atom stereocenters. The molecule has 0 spiro atoms. The van der Waals surface area contributed by atoms with Gasteiger partial charge in [-0.1, -0.05) is 17.4 Å². The molecule has 0 atom stereocenters. The zero-order valence-corrected chi connectivity index (χ0v) is 10.5. The molecule has 20 heavy (non-hydrogen) atoms. The van der Waals surface area contributed by atoms with Crippen LogP contribution in [0.5, 0.6) is 0 Å². The van der Waals surface area contributed by atoms with Gasteiger partial charge in [-0.3, -0.25) is 10.3 Å². The monoisotopic (exact) mass is 304 g/mol. The van der Waals surface area contributed by atoms with Crippen LogP contribution in [-0.4, -0.2) is 34.1 Å². The first kappa shape index (κ1) is 14.2. The summed E-state index contributed by atoms with van der Waals surface area (Å²) in [7, 11) is 0. The van der Waals surface area contributed by atoms with E-state index in [0.717, 1.165) is 11.3 Å². The highest BCUT2D eigenvalue weighted by atomic mass is 32.1. The smallest absolute Gasteiger partial charge is 0.422 e. The van der Waals surface area contributed by atoms with E-state index in [1.807, 2.05) is 0 Å². The molecule has 0 aliphatic rings. The molecule has 2 aromatic rings. The number of nitrogens with zero attached hydrogens (tertiary/aromatic N) is 3. The maximum atomic E-state index is 11.8. The minimum Gasteiger partial charge on any atom is -0.440 e. The Morgan fingerprint density at radius 2 is 2.15 bits per heavy atom. The minimum absolute atomic E-state index is 0.0258. The van der Waals surface area contributed by atoms with Crippen LogP contribution in [0.3, 0.4) is 0 Å². The van der Waals surface area contributed by atoms with Crippen molar-refractivity contribution in [3.8, 4) is 10.7 Å². The molecule has 1 N–H and O–H groups in total. The van der Waals surface area contributed by atoms with Crippen LogP contribution in [0.25, 0.3) is 10.7 Å². The number of carbonyl (C=O) groups is 1. The molecule has 0 saturated heterocycles. The fraction of sp³-hybridized carbons (Fsp3) is 0.200. The standard InChI is InChI=1S/C10H7F3N4O2S/c11-10(12,13)5-19-9(18)15-8-17-16-7(20-8)6-3-1-2-4-14-6/h1-4H,5H2,(H,15,17,18). The predicted octanol–water partition coefficient (Wildman–Crippen LogP) is 2.71. The Morgan fingerprint density at radius 1 is 1.35 bits per heavy atom. The van der Waals surface area contributed by atoms with Gasteiger partial charge in [-0.25, -0.2) is 4.79 Å². The van der Waals surface area contributed by atoms with Gasteiger partial charge >= 0.3 is 12.3 Å². The molecule has 10 heteroatoms. The van der Waals surface area contributed by atoms with Crippen LogP contribution in [0.2, 0.25) is 0 Å². The number of ether oxygens (including phenoxy) is 1. The number of rotatable bonds is 3. The zero-order chi connectivity index (χ0) is 14.6. The highest BCUT2D eigenvalue weighted by Gasteiger charge is 2.29. The summed E-state index contributed by atoms with van der Waals surface area (Å²) in [5.74, 6) is 0. The molecule has 0 aliphatic heterocycles. The number of amides is 1. The average Bonchev–Trinajstić information content (AvgIpc) is 2.85. The first-order valence-electron chi connectivity index (χ1n) is 5.19. The van der Waals surface area contributed by atoms with Crippen molar-refractivity contribution < 1.29 is 22.7 Å². The third kappa shape index (κ3) is 4.16. The highest BCUT2D eigenvalue weighted by Crippen LogP contribution is 2.24. The van der Waals surface area contributed by atoms with Gasteiger partial charge in [-0.05, 0) is 12.1 Å². The maximum absolute atomic E-state index is 11.8. The van der Waals surface area contributed by atoms with Crippen molar-refractivity contribution in [1.29, 1.82) is 0 Å². The van der Waals surface area contributed by atoms with Gasteiger partial charge in [-0.2, -0.15) is 13.2 Å². The van der Waals surface area contributed by atoms with Gasteiger partial charge in [-0.15, -0.1) is 10.2 Å². The Labute approximate surface area is 114 Å². The molecule has 0 aliphatic carbocycles. The first-order chi connectivity index (χ1) is 9.44. The molecule has 0 aromatic carbocycles. The van der Waals surface area contributed by atoms with Crippen molar-refractivity contribution in [3.05, 3.63) is 24.4 Å². The third-order valence-electron chi connectivity index (χ3n) is 1.88. The van der Waals surface area contributed by atoms with E-state index in [1.165, 1.54) is 0 Å². The highest BCUT2D eigenvalue weighted by molar-refractivity contribution is 7.18. The van der Waals surface area contributed by atoms with Crippen molar-refractivity contribution in [3.63, 3.8) is 0 Å².